The molecule has 1 heterocycles. The molecule has 0 bridgehead atoms. The summed E-state index contributed by atoms with van der Waals surface area (Å²) in [6.07, 6.45) is 1.02. The van der Waals surface area contributed by atoms with Crippen molar-refractivity contribution in [1.82, 2.24) is 5.32 Å². The molecule has 0 saturated heterocycles. The zero-order chi connectivity index (χ0) is 23.1. The first kappa shape index (κ1) is 23.0. The Bertz CT molecular complexity index is 953. The fourth-order valence-electron chi connectivity index (χ4n) is 4.21. The van der Waals surface area contributed by atoms with Crippen LogP contribution in [0.1, 0.15) is 65.9 Å². The molecule has 0 amide bonds. The highest BCUT2D eigenvalue weighted by Crippen LogP contribution is 2.47. The van der Waals surface area contributed by atoms with Crippen molar-refractivity contribution >= 4 is 11.8 Å². The van der Waals surface area contributed by atoms with Gasteiger partial charge in [-0.3, -0.25) is 4.79 Å². The molecule has 0 fully saturated rings. The molecule has 0 spiro atoms. The number of carbonyl (C=O) groups is 2. The third-order valence-corrected chi connectivity index (χ3v) is 5.30. The maximum absolute atomic E-state index is 13.2. The Balaban J connectivity index is 2.11. The number of esters is 1. The number of dihydropyridines is 1. The van der Waals surface area contributed by atoms with Crippen molar-refractivity contribution in [2.75, 3.05) is 0 Å². The molecule has 1 atom stereocenters. The van der Waals surface area contributed by atoms with Gasteiger partial charge < -0.3 is 14.8 Å². The molecule has 0 saturated carbocycles. The quantitative estimate of drug-likeness (QED) is 0.659. The molecular formula is C24H29F2NO4. The van der Waals surface area contributed by atoms with E-state index in [2.05, 4.69) is 10.1 Å². The van der Waals surface area contributed by atoms with Crippen LogP contribution in [0.4, 0.5) is 8.78 Å². The van der Waals surface area contributed by atoms with Crippen molar-refractivity contribution in [1.29, 1.82) is 0 Å². The van der Waals surface area contributed by atoms with Crippen LogP contribution < -0.4 is 10.1 Å². The predicted octanol–water partition coefficient (Wildman–Crippen LogP) is 5.23. The predicted molar refractivity (Wildman–Crippen MR) is 113 cm³/mol. The third-order valence-electron chi connectivity index (χ3n) is 5.30. The Morgan fingerprint density at radius 2 is 1.77 bits per heavy atom. The first-order valence-corrected chi connectivity index (χ1v) is 10.3. The topological polar surface area (TPSA) is 64.6 Å². The van der Waals surface area contributed by atoms with Crippen molar-refractivity contribution in [3.8, 4) is 5.75 Å². The first-order valence-electron chi connectivity index (χ1n) is 10.3. The summed E-state index contributed by atoms with van der Waals surface area (Å²) in [6, 6.07) is 6.07. The number of rotatable bonds is 4. The van der Waals surface area contributed by atoms with Gasteiger partial charge in [0.15, 0.2) is 5.78 Å². The molecule has 7 heteroatoms. The summed E-state index contributed by atoms with van der Waals surface area (Å²) in [5, 5.41) is 3.27. The van der Waals surface area contributed by atoms with E-state index >= 15 is 0 Å². The highest BCUT2D eigenvalue weighted by atomic mass is 19.3. The van der Waals surface area contributed by atoms with Gasteiger partial charge in [-0.2, -0.15) is 8.78 Å². The van der Waals surface area contributed by atoms with Crippen LogP contribution in [0, 0.1) is 5.41 Å². The number of alkyl halides is 2. The number of allylic oxidation sites excluding steroid dienone is 3. The van der Waals surface area contributed by atoms with Crippen LogP contribution in [0.15, 0.2) is 46.8 Å². The fraction of sp³-hybridized carbons (Fsp3) is 0.500. The number of nitrogens with one attached hydrogen (secondary N) is 1. The van der Waals surface area contributed by atoms with Gasteiger partial charge in [-0.25, -0.2) is 4.79 Å². The lowest BCUT2D eigenvalue weighted by Gasteiger charge is -2.39. The van der Waals surface area contributed by atoms with Gasteiger partial charge in [0.2, 0.25) is 0 Å². The zero-order valence-corrected chi connectivity index (χ0v) is 18.8. The number of hydrogen-bond acceptors (Lipinski definition) is 5. The summed E-state index contributed by atoms with van der Waals surface area (Å²) in [4.78, 5) is 26.4. The average molecular weight is 433 g/mol. The van der Waals surface area contributed by atoms with Crippen LogP contribution >= 0.6 is 0 Å². The van der Waals surface area contributed by atoms with Gasteiger partial charge in [0.05, 0.1) is 5.57 Å². The molecule has 1 N–H and O–H groups in total. The minimum absolute atomic E-state index is 0.0116. The van der Waals surface area contributed by atoms with E-state index < -0.39 is 24.1 Å². The van der Waals surface area contributed by atoms with Gasteiger partial charge in [-0.05, 0) is 57.2 Å². The molecule has 0 unspecified atom stereocenters. The highest BCUT2D eigenvalue weighted by molar-refractivity contribution is 6.04. The van der Waals surface area contributed by atoms with Crippen LogP contribution in [-0.4, -0.2) is 24.0 Å². The third kappa shape index (κ3) is 5.14. The number of benzene rings is 1. The van der Waals surface area contributed by atoms with Crippen molar-refractivity contribution < 1.29 is 27.8 Å². The molecule has 1 aromatic rings. The van der Waals surface area contributed by atoms with Crippen LogP contribution in [0.2, 0.25) is 0 Å². The van der Waals surface area contributed by atoms with E-state index in [4.69, 9.17) is 4.74 Å². The number of carbonyl (C=O) groups excluding carboxylic acids is 2. The second kappa shape index (κ2) is 8.09. The van der Waals surface area contributed by atoms with Gasteiger partial charge >= 0.3 is 12.6 Å². The Hall–Kier alpha value is -2.70. The van der Waals surface area contributed by atoms with E-state index in [1.807, 2.05) is 13.8 Å². The van der Waals surface area contributed by atoms with Crippen LogP contribution in [0.25, 0.3) is 0 Å². The largest absolute Gasteiger partial charge is 0.457 e. The lowest BCUT2D eigenvalue weighted by Crippen LogP contribution is -2.39. The van der Waals surface area contributed by atoms with E-state index in [0.717, 1.165) is 5.70 Å². The van der Waals surface area contributed by atoms with Gasteiger partial charge in [-0.1, -0.05) is 26.0 Å². The molecule has 31 heavy (non-hydrogen) atoms. The van der Waals surface area contributed by atoms with Crippen molar-refractivity contribution in [2.24, 2.45) is 5.41 Å². The lowest BCUT2D eigenvalue weighted by molar-refractivity contribution is -0.150. The molecule has 168 valence electrons. The summed E-state index contributed by atoms with van der Waals surface area (Å²) in [6.45, 7) is 8.26. The van der Waals surface area contributed by atoms with Gasteiger partial charge in [0.1, 0.15) is 11.4 Å². The Labute approximate surface area is 181 Å². The number of ketones is 1. The monoisotopic (exact) mass is 433 g/mol. The molecule has 0 aromatic heterocycles. The van der Waals surface area contributed by atoms with Crippen LogP contribution in [-0.2, 0) is 14.3 Å². The number of Topliss-reactive ketones (excluding diaryl/α,β-unsaturated/α-hetero) is 1. The number of halogens is 2. The Morgan fingerprint density at radius 3 is 2.32 bits per heavy atom. The average Bonchev–Trinajstić information content (AvgIpc) is 2.57. The zero-order valence-electron chi connectivity index (χ0n) is 18.8. The molecule has 1 aliphatic heterocycles. The Kier molecular flexibility index (Phi) is 6.00. The van der Waals surface area contributed by atoms with E-state index in [-0.39, 0.29) is 16.9 Å². The highest BCUT2D eigenvalue weighted by Gasteiger charge is 2.43. The number of ether oxygens (including phenoxy) is 2. The molecule has 2 aliphatic rings. The molecule has 1 aromatic carbocycles. The minimum atomic E-state index is -2.93. The normalized spacial score (nSPS) is 21.1. The molecule has 0 radical (unpaired) electrons. The van der Waals surface area contributed by atoms with Crippen molar-refractivity contribution in [3.05, 3.63) is 52.4 Å². The summed E-state index contributed by atoms with van der Waals surface area (Å²) in [5.41, 5.74) is 2.03. The van der Waals surface area contributed by atoms with Gasteiger partial charge in [0.25, 0.3) is 0 Å². The summed E-state index contributed by atoms with van der Waals surface area (Å²) in [7, 11) is 0. The Morgan fingerprint density at radius 1 is 1.16 bits per heavy atom. The maximum Gasteiger partial charge on any atom is 0.387 e. The van der Waals surface area contributed by atoms with Gasteiger partial charge in [0, 0.05) is 29.3 Å². The SMILES string of the molecule is CC1=C(C(=O)OC(C)(C)C)[C@H](c2ccc(OC(F)F)cc2)C2=C(CC(C)(C)CC2=O)N1. The van der Waals surface area contributed by atoms with Crippen molar-refractivity contribution in [3.63, 3.8) is 0 Å². The fourth-order valence-corrected chi connectivity index (χ4v) is 4.21. The van der Waals surface area contributed by atoms with Gasteiger partial charge in [-0.15, -0.1) is 0 Å². The first-order chi connectivity index (χ1) is 14.3. The molecular weight excluding hydrogens is 404 g/mol. The second-order valence-electron chi connectivity index (χ2n) is 9.88. The van der Waals surface area contributed by atoms with E-state index in [1.54, 1.807) is 39.8 Å². The molecule has 5 nitrogen and oxygen atoms in total. The van der Waals surface area contributed by atoms with E-state index in [0.29, 0.717) is 35.2 Å². The molecule has 1 aliphatic carbocycles. The summed E-state index contributed by atoms with van der Waals surface area (Å²) >= 11 is 0. The smallest absolute Gasteiger partial charge is 0.387 e. The van der Waals surface area contributed by atoms with Crippen molar-refractivity contribution in [2.45, 2.75) is 72.5 Å². The second-order valence-corrected chi connectivity index (χ2v) is 9.88. The van der Waals surface area contributed by atoms with E-state index in [1.165, 1.54) is 12.1 Å². The maximum atomic E-state index is 13.2. The number of hydrogen-bond donors (Lipinski definition) is 1. The van der Waals surface area contributed by atoms with E-state index in [9.17, 15) is 18.4 Å². The summed E-state index contributed by atoms with van der Waals surface area (Å²) in [5.74, 6) is -1.18. The minimum Gasteiger partial charge on any atom is -0.457 e. The molecule has 3 rings (SSSR count). The van der Waals surface area contributed by atoms with Crippen LogP contribution in [0.5, 0.6) is 5.75 Å². The van der Waals surface area contributed by atoms with Crippen LogP contribution in [0.3, 0.4) is 0 Å². The lowest BCUT2D eigenvalue weighted by atomic mass is 9.68. The summed E-state index contributed by atoms with van der Waals surface area (Å²) < 4.78 is 35.2. The standard InChI is InChI=1S/C24H29F2NO4/c1-13-18(21(29)31-23(2,3)4)19(14-7-9-15(10-8-14)30-22(25)26)20-16(27-13)11-24(5,6)12-17(20)28/h7-10,19,22,27H,11-12H2,1-6H3/t19-/m0/s1.